The Labute approximate surface area is 105 Å². The van der Waals surface area contributed by atoms with Gasteiger partial charge in [-0.2, -0.15) is 0 Å². The summed E-state index contributed by atoms with van der Waals surface area (Å²) in [5, 5.41) is 8.91. The van der Waals surface area contributed by atoms with E-state index in [4.69, 9.17) is 5.11 Å². The molecule has 96 valence electrons. The number of pyridine rings is 1. The number of rotatable bonds is 2. The average molecular weight is 248 g/mol. The maximum atomic E-state index is 12.2. The number of hydrogen-bond donors (Lipinski definition) is 1. The third kappa shape index (κ3) is 2.50. The van der Waals surface area contributed by atoms with Crippen LogP contribution in [0.1, 0.15) is 28.9 Å². The number of nitrogens with zero attached hydrogens (tertiary/aromatic N) is 2. The van der Waals surface area contributed by atoms with E-state index in [2.05, 4.69) is 4.98 Å². The Bertz CT molecular complexity index is 465. The molecule has 1 aromatic rings. The monoisotopic (exact) mass is 248 g/mol. The van der Waals surface area contributed by atoms with Gasteiger partial charge in [0.2, 0.25) is 0 Å². The lowest BCUT2D eigenvalue weighted by Crippen LogP contribution is -2.40. The fourth-order valence-electron chi connectivity index (χ4n) is 2.21. The summed E-state index contributed by atoms with van der Waals surface area (Å²) in [6, 6.07) is 3.50. The van der Waals surface area contributed by atoms with Crippen molar-refractivity contribution in [3.63, 3.8) is 0 Å². The van der Waals surface area contributed by atoms with E-state index < -0.39 is 5.97 Å². The van der Waals surface area contributed by atoms with Crippen LogP contribution in [0.15, 0.2) is 18.3 Å². The van der Waals surface area contributed by atoms with Gasteiger partial charge in [-0.15, -0.1) is 0 Å². The summed E-state index contributed by atoms with van der Waals surface area (Å²) in [6.45, 7) is 2.81. The smallest absolute Gasteiger partial charge is 0.306 e. The van der Waals surface area contributed by atoms with Crippen molar-refractivity contribution in [1.29, 1.82) is 0 Å². The summed E-state index contributed by atoms with van der Waals surface area (Å²) in [5.41, 5.74) is 1.31. The molecule has 0 radical (unpaired) electrons. The second kappa shape index (κ2) is 5.16. The summed E-state index contributed by atoms with van der Waals surface area (Å²) in [7, 11) is 0. The van der Waals surface area contributed by atoms with E-state index in [0.717, 1.165) is 0 Å². The van der Waals surface area contributed by atoms with Crippen molar-refractivity contribution >= 4 is 11.9 Å². The first kappa shape index (κ1) is 12.5. The van der Waals surface area contributed by atoms with Crippen LogP contribution in [0, 0.1) is 12.8 Å². The van der Waals surface area contributed by atoms with Gasteiger partial charge in [-0.1, -0.05) is 0 Å². The molecule has 0 unspecified atom stereocenters. The third-order valence-electron chi connectivity index (χ3n) is 3.37. The Balaban J connectivity index is 2.04. The quantitative estimate of drug-likeness (QED) is 0.857. The zero-order chi connectivity index (χ0) is 13.1. The van der Waals surface area contributed by atoms with Crippen LogP contribution in [-0.4, -0.2) is 40.0 Å². The molecule has 0 bridgehead atoms. The molecule has 1 aliphatic rings. The number of likely N-dealkylation sites (tertiary alicyclic amines) is 1. The molecule has 0 aliphatic carbocycles. The van der Waals surface area contributed by atoms with Gasteiger partial charge < -0.3 is 10.0 Å². The summed E-state index contributed by atoms with van der Waals surface area (Å²) >= 11 is 0. The van der Waals surface area contributed by atoms with Crippen molar-refractivity contribution in [3.8, 4) is 0 Å². The van der Waals surface area contributed by atoms with E-state index >= 15 is 0 Å². The molecule has 18 heavy (non-hydrogen) atoms. The molecule has 1 saturated heterocycles. The number of aryl methyl sites for hydroxylation is 1. The van der Waals surface area contributed by atoms with Gasteiger partial charge >= 0.3 is 5.97 Å². The van der Waals surface area contributed by atoms with Crippen LogP contribution in [0.5, 0.6) is 0 Å². The first-order valence-corrected chi connectivity index (χ1v) is 6.03. The molecule has 0 spiro atoms. The first-order chi connectivity index (χ1) is 8.59. The van der Waals surface area contributed by atoms with Crippen molar-refractivity contribution in [3.05, 3.63) is 29.6 Å². The van der Waals surface area contributed by atoms with Crippen molar-refractivity contribution in [2.45, 2.75) is 19.8 Å². The van der Waals surface area contributed by atoms with Gasteiger partial charge in [0, 0.05) is 25.0 Å². The molecule has 2 heterocycles. The zero-order valence-corrected chi connectivity index (χ0v) is 10.3. The standard InChI is InChI=1S/C13H16N2O3/c1-9-11(3-2-6-14-9)12(16)15-7-4-10(5-8-15)13(17)18/h2-3,6,10H,4-5,7-8H2,1H3,(H,17,18). The van der Waals surface area contributed by atoms with E-state index in [1.165, 1.54) is 0 Å². The summed E-state index contributed by atoms with van der Waals surface area (Å²) in [5.74, 6) is -1.13. The predicted molar refractivity (Wildman–Crippen MR) is 65.2 cm³/mol. The highest BCUT2D eigenvalue weighted by molar-refractivity contribution is 5.95. The van der Waals surface area contributed by atoms with Gasteiger partial charge in [0.05, 0.1) is 11.5 Å². The lowest BCUT2D eigenvalue weighted by Gasteiger charge is -2.30. The molecule has 0 saturated carbocycles. The molecule has 5 heteroatoms. The molecule has 1 fully saturated rings. The van der Waals surface area contributed by atoms with E-state index in [0.29, 0.717) is 37.2 Å². The normalized spacial score (nSPS) is 16.6. The van der Waals surface area contributed by atoms with Crippen molar-refractivity contribution < 1.29 is 14.7 Å². The van der Waals surface area contributed by atoms with E-state index in [9.17, 15) is 9.59 Å². The molecular formula is C13H16N2O3. The summed E-state index contributed by atoms with van der Waals surface area (Å²) < 4.78 is 0. The topological polar surface area (TPSA) is 70.5 Å². The Morgan fingerprint density at radius 2 is 2.06 bits per heavy atom. The Morgan fingerprint density at radius 3 is 2.61 bits per heavy atom. The first-order valence-electron chi connectivity index (χ1n) is 6.03. The molecule has 0 aromatic carbocycles. The third-order valence-corrected chi connectivity index (χ3v) is 3.37. The summed E-state index contributed by atoms with van der Waals surface area (Å²) in [6.07, 6.45) is 2.71. The average Bonchev–Trinajstić information content (AvgIpc) is 2.38. The number of carbonyl (C=O) groups is 2. The van der Waals surface area contributed by atoms with Crippen LogP contribution in [0.25, 0.3) is 0 Å². The van der Waals surface area contributed by atoms with Gasteiger partial charge in [-0.05, 0) is 31.9 Å². The van der Waals surface area contributed by atoms with Crippen LogP contribution in [0.2, 0.25) is 0 Å². The number of carboxylic acids is 1. The van der Waals surface area contributed by atoms with Crippen LogP contribution in [0.4, 0.5) is 0 Å². The Hall–Kier alpha value is -1.91. The number of piperidine rings is 1. The van der Waals surface area contributed by atoms with Crippen molar-refractivity contribution in [2.24, 2.45) is 5.92 Å². The van der Waals surface area contributed by atoms with E-state index in [-0.39, 0.29) is 11.8 Å². The fourth-order valence-corrected chi connectivity index (χ4v) is 2.21. The maximum Gasteiger partial charge on any atom is 0.306 e. The largest absolute Gasteiger partial charge is 0.481 e. The second-order valence-electron chi connectivity index (χ2n) is 4.54. The second-order valence-corrected chi connectivity index (χ2v) is 4.54. The van der Waals surface area contributed by atoms with Crippen LogP contribution in [-0.2, 0) is 4.79 Å². The highest BCUT2D eigenvalue weighted by Crippen LogP contribution is 2.19. The molecule has 1 N–H and O–H groups in total. The van der Waals surface area contributed by atoms with Gasteiger partial charge in [0.25, 0.3) is 5.91 Å². The lowest BCUT2D eigenvalue weighted by atomic mass is 9.96. The fraction of sp³-hybridized carbons (Fsp3) is 0.462. The SMILES string of the molecule is Cc1ncccc1C(=O)N1CCC(C(=O)O)CC1. The maximum absolute atomic E-state index is 12.2. The lowest BCUT2D eigenvalue weighted by molar-refractivity contribution is -0.143. The highest BCUT2D eigenvalue weighted by Gasteiger charge is 2.27. The number of carbonyl (C=O) groups excluding carboxylic acids is 1. The molecule has 1 aliphatic heterocycles. The summed E-state index contributed by atoms with van der Waals surface area (Å²) in [4.78, 5) is 28.9. The number of aliphatic carboxylic acids is 1. The molecule has 5 nitrogen and oxygen atoms in total. The van der Waals surface area contributed by atoms with Crippen molar-refractivity contribution in [2.75, 3.05) is 13.1 Å². The Kier molecular flexibility index (Phi) is 3.60. The number of carboxylic acid groups (broad SMARTS) is 1. The van der Waals surface area contributed by atoms with Gasteiger partial charge in [0.15, 0.2) is 0 Å². The van der Waals surface area contributed by atoms with Gasteiger partial charge in [0.1, 0.15) is 0 Å². The molecule has 1 aromatic heterocycles. The van der Waals surface area contributed by atoms with Gasteiger partial charge in [-0.25, -0.2) is 0 Å². The predicted octanol–water partition coefficient (Wildman–Crippen LogP) is 1.33. The van der Waals surface area contributed by atoms with Crippen LogP contribution >= 0.6 is 0 Å². The molecule has 1 amide bonds. The number of amides is 1. The molecule has 2 rings (SSSR count). The van der Waals surface area contributed by atoms with E-state index in [1.807, 2.05) is 0 Å². The van der Waals surface area contributed by atoms with Crippen LogP contribution in [0.3, 0.4) is 0 Å². The van der Waals surface area contributed by atoms with Crippen LogP contribution < -0.4 is 0 Å². The molecule has 0 atom stereocenters. The Morgan fingerprint density at radius 1 is 1.39 bits per heavy atom. The highest BCUT2D eigenvalue weighted by atomic mass is 16.4. The molecular weight excluding hydrogens is 232 g/mol. The minimum absolute atomic E-state index is 0.0514. The minimum Gasteiger partial charge on any atom is -0.481 e. The number of hydrogen-bond acceptors (Lipinski definition) is 3. The minimum atomic E-state index is -0.764. The van der Waals surface area contributed by atoms with E-state index in [1.54, 1.807) is 30.2 Å². The van der Waals surface area contributed by atoms with Crippen molar-refractivity contribution in [1.82, 2.24) is 9.88 Å². The van der Waals surface area contributed by atoms with Gasteiger partial charge in [-0.3, -0.25) is 14.6 Å². The zero-order valence-electron chi connectivity index (χ0n) is 10.3. The number of aromatic nitrogens is 1.